The SMILES string of the molecule is CCCCCCCCCCC1(CCCCCCCCCC)COc2csc(-c3ccc(-c4scc5c4OCC(CCCCCCCCCC)(CCCCCCCCCC)CO5)c4nsnc34)c2OC1. The van der Waals surface area contributed by atoms with Gasteiger partial charge in [0.2, 0.25) is 0 Å². The number of hydrogen-bond donors (Lipinski definition) is 0. The molecule has 1 aromatic carbocycles. The zero-order valence-electron chi connectivity index (χ0n) is 44.3. The Morgan fingerprint density at radius 3 is 0.957 bits per heavy atom. The molecule has 0 atom stereocenters. The molecule has 0 N–H and O–H groups in total. The molecule has 9 heteroatoms. The Balaban J connectivity index is 1.12. The highest BCUT2D eigenvalue weighted by Crippen LogP contribution is 2.53. The summed E-state index contributed by atoms with van der Waals surface area (Å²) in [6.07, 6.45) is 47.6. The summed E-state index contributed by atoms with van der Waals surface area (Å²) < 4.78 is 37.6. The Bertz CT molecular complexity index is 1790. The van der Waals surface area contributed by atoms with Gasteiger partial charge in [0.25, 0.3) is 0 Å². The zero-order chi connectivity index (χ0) is 48.3. The van der Waals surface area contributed by atoms with Gasteiger partial charge in [-0.25, -0.2) is 0 Å². The van der Waals surface area contributed by atoms with Crippen molar-refractivity contribution in [2.75, 3.05) is 26.4 Å². The number of fused-ring (bicyclic) bond motifs is 3. The summed E-state index contributed by atoms with van der Waals surface area (Å²) in [6, 6.07) is 4.48. The molecule has 5 heterocycles. The van der Waals surface area contributed by atoms with Crippen molar-refractivity contribution in [3.05, 3.63) is 22.9 Å². The van der Waals surface area contributed by atoms with Gasteiger partial charge in [-0.3, -0.25) is 0 Å². The highest BCUT2D eigenvalue weighted by molar-refractivity contribution is 7.15. The van der Waals surface area contributed by atoms with E-state index in [4.69, 9.17) is 27.7 Å². The van der Waals surface area contributed by atoms with Crippen molar-refractivity contribution >= 4 is 45.4 Å². The molecule has 0 saturated heterocycles. The fourth-order valence-corrected chi connectivity index (χ4v) is 13.6. The first-order valence-corrected chi connectivity index (χ1v) is 31.5. The lowest BCUT2D eigenvalue weighted by Gasteiger charge is -2.31. The van der Waals surface area contributed by atoms with Gasteiger partial charge < -0.3 is 18.9 Å². The van der Waals surface area contributed by atoms with Crippen molar-refractivity contribution in [3.8, 4) is 43.9 Å². The van der Waals surface area contributed by atoms with E-state index >= 15 is 0 Å². The average molecular weight is 1010 g/mol. The molecule has 0 aliphatic carbocycles. The Kier molecular flexibility index (Phi) is 25.9. The number of thiophene rings is 2. The summed E-state index contributed by atoms with van der Waals surface area (Å²) in [7, 11) is 0. The van der Waals surface area contributed by atoms with E-state index in [2.05, 4.69) is 50.6 Å². The summed E-state index contributed by atoms with van der Waals surface area (Å²) >= 11 is 4.72. The molecular weight excluding hydrogens is 909 g/mol. The van der Waals surface area contributed by atoms with Gasteiger partial charge >= 0.3 is 0 Å². The highest BCUT2D eigenvalue weighted by Gasteiger charge is 2.38. The molecular formula is C60H96N2O4S3. The van der Waals surface area contributed by atoms with Crippen molar-refractivity contribution in [3.63, 3.8) is 0 Å². The van der Waals surface area contributed by atoms with Gasteiger partial charge in [-0.15, -0.1) is 22.7 Å². The normalized spacial score (nSPS) is 15.2. The predicted octanol–water partition coefficient (Wildman–Crippen LogP) is 20.8. The maximum Gasteiger partial charge on any atom is 0.179 e. The lowest BCUT2D eigenvalue weighted by atomic mass is 9.79. The summed E-state index contributed by atoms with van der Waals surface area (Å²) in [4.78, 5) is 2.20. The topological polar surface area (TPSA) is 62.7 Å². The average Bonchev–Trinajstić information content (AvgIpc) is 4.08. The lowest BCUT2D eigenvalue weighted by molar-refractivity contribution is 0.0783. The second-order valence-corrected chi connectivity index (χ2v) is 24.0. The molecule has 4 aromatic rings. The first-order valence-electron chi connectivity index (χ1n) is 29.1. The molecule has 6 rings (SSSR count). The van der Waals surface area contributed by atoms with Crippen molar-refractivity contribution < 1.29 is 18.9 Å². The molecule has 69 heavy (non-hydrogen) atoms. The second-order valence-electron chi connectivity index (χ2n) is 21.7. The predicted molar refractivity (Wildman–Crippen MR) is 300 cm³/mol. The van der Waals surface area contributed by atoms with E-state index in [9.17, 15) is 0 Å². The molecule has 0 unspecified atom stereocenters. The molecule has 2 aliphatic rings. The third-order valence-electron chi connectivity index (χ3n) is 15.7. The number of hydrogen-bond acceptors (Lipinski definition) is 9. The van der Waals surface area contributed by atoms with Crippen LogP contribution in [0.2, 0.25) is 0 Å². The molecule has 2 aliphatic heterocycles. The summed E-state index contributed by atoms with van der Waals surface area (Å²) in [5.74, 6) is 3.56. The Morgan fingerprint density at radius 2 is 0.652 bits per heavy atom. The van der Waals surface area contributed by atoms with E-state index < -0.39 is 0 Å². The fourth-order valence-electron chi connectivity index (χ4n) is 11.1. The van der Waals surface area contributed by atoms with Crippen LogP contribution in [0.1, 0.15) is 259 Å². The number of rotatable bonds is 38. The van der Waals surface area contributed by atoms with Crippen molar-refractivity contribution in [1.29, 1.82) is 0 Å². The van der Waals surface area contributed by atoms with Crippen LogP contribution in [0.4, 0.5) is 0 Å². The molecule has 6 nitrogen and oxygen atoms in total. The van der Waals surface area contributed by atoms with Crippen LogP contribution in [-0.4, -0.2) is 35.2 Å². The molecule has 0 saturated carbocycles. The minimum absolute atomic E-state index is 0.0398. The summed E-state index contributed by atoms with van der Waals surface area (Å²) in [5, 5.41) is 4.34. The van der Waals surface area contributed by atoms with Crippen LogP contribution >= 0.6 is 34.4 Å². The maximum absolute atomic E-state index is 7.00. The zero-order valence-corrected chi connectivity index (χ0v) is 46.8. The maximum atomic E-state index is 7.00. The van der Waals surface area contributed by atoms with Gasteiger partial charge in [0.05, 0.1) is 47.9 Å². The highest BCUT2D eigenvalue weighted by atomic mass is 32.1. The van der Waals surface area contributed by atoms with Gasteiger partial charge in [-0.05, 0) is 25.7 Å². The van der Waals surface area contributed by atoms with Gasteiger partial charge in [-0.2, -0.15) is 8.75 Å². The van der Waals surface area contributed by atoms with Crippen LogP contribution in [-0.2, 0) is 0 Å². The van der Waals surface area contributed by atoms with E-state index in [1.165, 1.54) is 243 Å². The third kappa shape index (κ3) is 17.7. The minimum Gasteiger partial charge on any atom is -0.488 e. The summed E-state index contributed by atoms with van der Waals surface area (Å²) in [6.45, 7) is 12.1. The van der Waals surface area contributed by atoms with E-state index in [0.717, 1.165) is 68.1 Å². The first kappa shape index (κ1) is 55.9. The standard InChI is InChI=1S/C60H96N2O4S3/c1-5-9-13-17-21-25-29-33-39-59(40-34-30-26-22-18-14-10-6-2)45-63-51-43-67-57(55(51)65-47-59)49-37-38-50(54-53(49)61-69-62-54)58-56-52(44-68-58)64-46-60(48-66-56,41-35-31-27-23-19-15-11-7-3)42-36-32-28-24-20-16-12-8-4/h37-38,43-44H,5-36,39-42,45-48H2,1-4H3. The van der Waals surface area contributed by atoms with Crippen molar-refractivity contribution in [1.82, 2.24) is 8.75 Å². The fraction of sp³-hybridized carbons (Fsp3) is 0.767. The second kappa shape index (κ2) is 32.0. The number of unbranched alkanes of at least 4 members (excludes halogenated alkanes) is 28. The molecule has 0 fully saturated rings. The van der Waals surface area contributed by atoms with Crippen LogP contribution in [0.5, 0.6) is 23.0 Å². The molecule has 0 radical (unpaired) electrons. The largest absolute Gasteiger partial charge is 0.488 e. The van der Waals surface area contributed by atoms with E-state index in [-0.39, 0.29) is 10.8 Å². The van der Waals surface area contributed by atoms with Crippen LogP contribution in [0.15, 0.2) is 22.9 Å². The number of aromatic nitrogens is 2. The lowest BCUT2D eigenvalue weighted by Crippen LogP contribution is -2.33. The third-order valence-corrected chi connectivity index (χ3v) is 18.2. The van der Waals surface area contributed by atoms with Crippen LogP contribution < -0.4 is 18.9 Å². The van der Waals surface area contributed by atoms with Gasteiger partial charge in [0, 0.05) is 32.7 Å². The molecule has 3 aromatic heterocycles. The molecule has 388 valence electrons. The minimum atomic E-state index is 0.0398. The summed E-state index contributed by atoms with van der Waals surface area (Å²) in [5.41, 5.74) is 4.08. The van der Waals surface area contributed by atoms with E-state index in [1.54, 1.807) is 22.7 Å². The Labute approximate surface area is 433 Å². The van der Waals surface area contributed by atoms with Crippen LogP contribution in [0.3, 0.4) is 0 Å². The monoisotopic (exact) mass is 1000 g/mol. The van der Waals surface area contributed by atoms with Gasteiger partial charge in [0.15, 0.2) is 23.0 Å². The number of nitrogens with zero attached hydrogens (tertiary/aromatic N) is 2. The first-order chi connectivity index (χ1) is 34.1. The van der Waals surface area contributed by atoms with Crippen molar-refractivity contribution in [2.24, 2.45) is 10.8 Å². The van der Waals surface area contributed by atoms with Crippen molar-refractivity contribution in [2.45, 2.75) is 259 Å². The Morgan fingerprint density at radius 1 is 0.377 bits per heavy atom. The molecule has 0 amide bonds. The Hall–Kier alpha value is -2.36. The number of ether oxygens (including phenoxy) is 4. The molecule has 0 spiro atoms. The van der Waals surface area contributed by atoms with Gasteiger partial charge in [-0.1, -0.05) is 245 Å². The quantitative estimate of drug-likeness (QED) is 0.0417. The van der Waals surface area contributed by atoms with E-state index in [0.29, 0.717) is 13.2 Å². The van der Waals surface area contributed by atoms with Crippen LogP contribution in [0.25, 0.3) is 31.9 Å². The van der Waals surface area contributed by atoms with E-state index in [1.807, 2.05) is 0 Å². The molecule has 0 bridgehead atoms. The van der Waals surface area contributed by atoms with Gasteiger partial charge in [0.1, 0.15) is 11.0 Å². The van der Waals surface area contributed by atoms with Crippen LogP contribution in [0, 0.1) is 10.8 Å². The number of benzene rings is 1. The smallest absolute Gasteiger partial charge is 0.179 e.